The molecular weight excluding hydrogens is 226 g/mol. The summed E-state index contributed by atoms with van der Waals surface area (Å²) in [5.74, 6) is 4.09. The first-order chi connectivity index (χ1) is 8.86. The standard InChI is InChI=1S/C15H27NO2/c1-17-4-5-18-3-2-16-15-13-7-11-6-12(9-13)10-14(15)8-11/h11-16H,2-10H2,1H3. The van der Waals surface area contributed by atoms with Gasteiger partial charge in [-0.25, -0.2) is 0 Å². The molecule has 0 aliphatic heterocycles. The van der Waals surface area contributed by atoms with Crippen LogP contribution < -0.4 is 5.32 Å². The van der Waals surface area contributed by atoms with Crippen molar-refractivity contribution in [2.24, 2.45) is 23.7 Å². The van der Waals surface area contributed by atoms with E-state index in [1.165, 1.54) is 25.7 Å². The van der Waals surface area contributed by atoms with Gasteiger partial charge < -0.3 is 14.8 Å². The lowest BCUT2D eigenvalue weighted by Crippen LogP contribution is -2.55. The summed E-state index contributed by atoms with van der Waals surface area (Å²) in [6.45, 7) is 3.26. The van der Waals surface area contributed by atoms with Crippen LogP contribution in [0.4, 0.5) is 0 Å². The molecule has 4 aliphatic carbocycles. The Hall–Kier alpha value is -0.120. The molecule has 0 unspecified atom stereocenters. The fraction of sp³-hybridized carbons (Fsp3) is 1.00. The van der Waals surface area contributed by atoms with Gasteiger partial charge in [0.2, 0.25) is 0 Å². The van der Waals surface area contributed by atoms with E-state index in [9.17, 15) is 0 Å². The van der Waals surface area contributed by atoms with Gasteiger partial charge in [0.1, 0.15) is 0 Å². The SMILES string of the molecule is COCCOCCNC1C2CC3CC(C2)CC1C3. The Balaban J connectivity index is 1.38. The van der Waals surface area contributed by atoms with Gasteiger partial charge >= 0.3 is 0 Å². The molecule has 4 bridgehead atoms. The van der Waals surface area contributed by atoms with E-state index in [1.807, 2.05) is 0 Å². The molecule has 18 heavy (non-hydrogen) atoms. The van der Waals surface area contributed by atoms with Gasteiger partial charge in [-0.1, -0.05) is 0 Å². The predicted octanol–water partition coefficient (Wildman–Crippen LogP) is 2.06. The first-order valence-electron chi connectivity index (χ1n) is 7.67. The zero-order valence-corrected chi connectivity index (χ0v) is 11.6. The highest BCUT2D eigenvalue weighted by Gasteiger charge is 2.47. The lowest BCUT2D eigenvalue weighted by molar-refractivity contribution is -0.0168. The van der Waals surface area contributed by atoms with Crippen LogP contribution in [0.25, 0.3) is 0 Å². The van der Waals surface area contributed by atoms with E-state index < -0.39 is 0 Å². The zero-order valence-electron chi connectivity index (χ0n) is 11.6. The van der Waals surface area contributed by atoms with Crippen LogP contribution in [0, 0.1) is 23.7 Å². The van der Waals surface area contributed by atoms with Gasteiger partial charge in [-0.3, -0.25) is 0 Å². The van der Waals surface area contributed by atoms with Crippen molar-refractivity contribution in [2.45, 2.75) is 38.1 Å². The average molecular weight is 253 g/mol. The summed E-state index contributed by atoms with van der Waals surface area (Å²) in [6, 6.07) is 0.795. The van der Waals surface area contributed by atoms with Crippen molar-refractivity contribution in [3.8, 4) is 0 Å². The number of hydrogen-bond acceptors (Lipinski definition) is 3. The molecule has 4 rings (SSSR count). The van der Waals surface area contributed by atoms with Crippen molar-refractivity contribution in [3.63, 3.8) is 0 Å². The summed E-state index contributed by atoms with van der Waals surface area (Å²) in [4.78, 5) is 0. The minimum atomic E-state index is 0.706. The maximum Gasteiger partial charge on any atom is 0.0700 e. The maximum atomic E-state index is 5.53. The molecule has 0 aromatic carbocycles. The topological polar surface area (TPSA) is 30.5 Å². The number of nitrogens with one attached hydrogen (secondary N) is 1. The van der Waals surface area contributed by atoms with Crippen LogP contribution >= 0.6 is 0 Å². The van der Waals surface area contributed by atoms with Gasteiger partial charge in [-0.15, -0.1) is 0 Å². The molecule has 0 spiro atoms. The van der Waals surface area contributed by atoms with Gasteiger partial charge in [0.05, 0.1) is 19.8 Å². The van der Waals surface area contributed by atoms with Crippen molar-refractivity contribution in [3.05, 3.63) is 0 Å². The average Bonchev–Trinajstić information content (AvgIpc) is 2.35. The Morgan fingerprint density at radius 2 is 1.56 bits per heavy atom. The van der Waals surface area contributed by atoms with Crippen molar-refractivity contribution in [1.29, 1.82) is 0 Å². The molecule has 0 saturated heterocycles. The third-order valence-electron chi connectivity index (χ3n) is 5.28. The molecule has 3 nitrogen and oxygen atoms in total. The van der Waals surface area contributed by atoms with Crippen LogP contribution in [0.1, 0.15) is 32.1 Å². The molecule has 104 valence electrons. The van der Waals surface area contributed by atoms with Gasteiger partial charge in [0, 0.05) is 19.7 Å². The quantitative estimate of drug-likeness (QED) is 0.705. The summed E-state index contributed by atoms with van der Waals surface area (Å²) < 4.78 is 10.5. The highest BCUT2D eigenvalue weighted by molar-refractivity contribution is 5.01. The number of methoxy groups -OCH3 is 1. The third kappa shape index (κ3) is 2.73. The second kappa shape index (κ2) is 5.89. The van der Waals surface area contributed by atoms with E-state index in [4.69, 9.17) is 9.47 Å². The number of ether oxygens (including phenoxy) is 2. The monoisotopic (exact) mass is 253 g/mol. The van der Waals surface area contributed by atoms with Gasteiger partial charge in [-0.2, -0.15) is 0 Å². The van der Waals surface area contributed by atoms with Crippen LogP contribution in [0.2, 0.25) is 0 Å². The van der Waals surface area contributed by atoms with Crippen LogP contribution in [-0.2, 0) is 9.47 Å². The molecule has 0 amide bonds. The van der Waals surface area contributed by atoms with Crippen molar-refractivity contribution >= 4 is 0 Å². The first kappa shape index (κ1) is 12.9. The first-order valence-corrected chi connectivity index (χ1v) is 7.67. The molecule has 0 radical (unpaired) electrons. The molecule has 1 N–H and O–H groups in total. The molecule has 3 heteroatoms. The van der Waals surface area contributed by atoms with Crippen LogP contribution in [0.15, 0.2) is 0 Å². The summed E-state index contributed by atoms with van der Waals surface area (Å²) in [5.41, 5.74) is 0. The minimum Gasteiger partial charge on any atom is -0.382 e. The maximum absolute atomic E-state index is 5.53. The van der Waals surface area contributed by atoms with E-state index in [0.29, 0.717) is 6.61 Å². The normalized spacial score (nSPS) is 41.5. The number of hydrogen-bond donors (Lipinski definition) is 1. The fourth-order valence-corrected chi connectivity index (χ4v) is 4.80. The van der Waals surface area contributed by atoms with Crippen LogP contribution in [0.3, 0.4) is 0 Å². The molecule has 0 aromatic rings. The molecule has 4 aliphatic rings. The smallest absolute Gasteiger partial charge is 0.0700 e. The van der Waals surface area contributed by atoms with E-state index >= 15 is 0 Å². The van der Waals surface area contributed by atoms with Gasteiger partial charge in [-0.05, 0) is 55.8 Å². The largest absolute Gasteiger partial charge is 0.382 e. The Labute approximate surface area is 111 Å². The van der Waals surface area contributed by atoms with Crippen molar-refractivity contribution in [2.75, 3.05) is 33.5 Å². The van der Waals surface area contributed by atoms with Crippen LogP contribution in [0.5, 0.6) is 0 Å². The van der Waals surface area contributed by atoms with Crippen molar-refractivity contribution in [1.82, 2.24) is 5.32 Å². The Morgan fingerprint density at radius 1 is 0.889 bits per heavy atom. The van der Waals surface area contributed by atoms with E-state index in [-0.39, 0.29) is 0 Å². The molecular formula is C15H27NO2. The summed E-state index contributed by atoms with van der Waals surface area (Å²) in [6.07, 6.45) is 7.52. The van der Waals surface area contributed by atoms with Crippen molar-refractivity contribution < 1.29 is 9.47 Å². The Kier molecular flexibility index (Phi) is 4.22. The molecule has 0 atom stereocenters. The predicted molar refractivity (Wildman–Crippen MR) is 71.5 cm³/mol. The highest BCUT2D eigenvalue weighted by Crippen LogP contribution is 2.53. The lowest BCUT2D eigenvalue weighted by Gasteiger charge is -2.54. The second-order valence-electron chi connectivity index (χ2n) is 6.52. The van der Waals surface area contributed by atoms with Crippen LogP contribution in [-0.4, -0.2) is 39.5 Å². The summed E-state index contributed by atoms with van der Waals surface area (Å²) in [7, 11) is 1.72. The molecule has 0 heterocycles. The van der Waals surface area contributed by atoms with E-state index in [0.717, 1.165) is 49.5 Å². The molecule has 0 aromatic heterocycles. The lowest BCUT2D eigenvalue weighted by atomic mass is 9.54. The molecule has 4 saturated carbocycles. The molecule has 4 fully saturated rings. The fourth-order valence-electron chi connectivity index (χ4n) is 4.80. The van der Waals surface area contributed by atoms with Gasteiger partial charge in [0.25, 0.3) is 0 Å². The second-order valence-corrected chi connectivity index (χ2v) is 6.52. The third-order valence-corrected chi connectivity index (χ3v) is 5.28. The Morgan fingerprint density at radius 3 is 2.17 bits per heavy atom. The van der Waals surface area contributed by atoms with E-state index in [2.05, 4.69) is 5.32 Å². The summed E-state index contributed by atoms with van der Waals surface area (Å²) in [5, 5.41) is 3.78. The van der Waals surface area contributed by atoms with Gasteiger partial charge in [0.15, 0.2) is 0 Å². The highest BCUT2D eigenvalue weighted by atomic mass is 16.5. The minimum absolute atomic E-state index is 0.706. The Bertz CT molecular complexity index is 241. The number of rotatable bonds is 7. The summed E-state index contributed by atoms with van der Waals surface area (Å²) >= 11 is 0. The zero-order chi connectivity index (χ0) is 12.4. The van der Waals surface area contributed by atoms with E-state index in [1.54, 1.807) is 13.5 Å².